The van der Waals surface area contributed by atoms with Crippen LogP contribution in [-0.4, -0.2) is 42.0 Å². The van der Waals surface area contributed by atoms with Crippen molar-refractivity contribution in [2.24, 2.45) is 5.92 Å². The summed E-state index contributed by atoms with van der Waals surface area (Å²) < 4.78 is 5.89. The first kappa shape index (κ1) is 13.3. The molecule has 0 N–H and O–H groups in total. The number of hydrogen-bond acceptors (Lipinski definition) is 3. The van der Waals surface area contributed by atoms with Crippen LogP contribution in [0.25, 0.3) is 0 Å². The second-order valence-electron chi connectivity index (χ2n) is 5.34. The molecule has 0 saturated carbocycles. The molecule has 1 aliphatic rings. The minimum absolute atomic E-state index is 0.00650. The number of nitrogens with zero attached hydrogens (tertiary/aromatic N) is 1. The molecule has 2 unspecified atom stereocenters. The van der Waals surface area contributed by atoms with Crippen molar-refractivity contribution >= 4 is 12.6 Å². The fourth-order valence-corrected chi connectivity index (χ4v) is 2.78. The van der Waals surface area contributed by atoms with Crippen LogP contribution in [0.2, 0.25) is 0 Å². The molecule has 0 aromatic heterocycles. The Bertz CT molecular complexity index is 192. The monoisotopic (exact) mass is 231 g/mol. The third kappa shape index (κ3) is 4.33. The van der Waals surface area contributed by atoms with Crippen LogP contribution in [0.4, 0.5) is 0 Å². The van der Waals surface area contributed by atoms with Gasteiger partial charge in [0, 0.05) is 19.6 Å². The molecule has 3 heteroatoms. The highest BCUT2D eigenvalue weighted by Gasteiger charge is 2.31. The zero-order chi connectivity index (χ0) is 11.5. The standard InChI is InChI=1S/C12H25NOS/c1-5-11(8-15)7-13-6-10(2)14-12(3,4)9-13/h10-11,15H,5-9H2,1-4H3. The van der Waals surface area contributed by atoms with Crippen LogP contribution < -0.4 is 0 Å². The molecule has 1 fully saturated rings. The fourth-order valence-electron chi connectivity index (χ4n) is 2.41. The third-order valence-electron chi connectivity index (χ3n) is 2.99. The molecule has 0 aliphatic carbocycles. The zero-order valence-electron chi connectivity index (χ0n) is 10.5. The van der Waals surface area contributed by atoms with Crippen LogP contribution in [0, 0.1) is 5.92 Å². The summed E-state index contributed by atoms with van der Waals surface area (Å²) in [5.41, 5.74) is 0.00650. The van der Waals surface area contributed by atoms with E-state index >= 15 is 0 Å². The molecule has 0 bridgehead atoms. The van der Waals surface area contributed by atoms with Gasteiger partial charge in [-0.1, -0.05) is 13.3 Å². The average Bonchev–Trinajstić information content (AvgIpc) is 2.10. The summed E-state index contributed by atoms with van der Waals surface area (Å²) in [6, 6.07) is 0. The van der Waals surface area contributed by atoms with Gasteiger partial charge < -0.3 is 4.74 Å². The van der Waals surface area contributed by atoms with Crippen molar-refractivity contribution < 1.29 is 4.74 Å². The van der Waals surface area contributed by atoms with Crippen molar-refractivity contribution in [1.29, 1.82) is 0 Å². The van der Waals surface area contributed by atoms with Crippen LogP contribution >= 0.6 is 12.6 Å². The second kappa shape index (κ2) is 5.55. The topological polar surface area (TPSA) is 12.5 Å². The number of ether oxygens (including phenoxy) is 1. The largest absolute Gasteiger partial charge is 0.370 e. The first-order valence-electron chi connectivity index (χ1n) is 5.98. The Hall–Kier alpha value is 0.270. The van der Waals surface area contributed by atoms with Crippen LogP contribution in [0.1, 0.15) is 34.1 Å². The first-order chi connectivity index (χ1) is 6.96. The summed E-state index contributed by atoms with van der Waals surface area (Å²) >= 11 is 4.40. The van der Waals surface area contributed by atoms with E-state index in [-0.39, 0.29) is 5.60 Å². The fraction of sp³-hybridized carbons (Fsp3) is 1.00. The van der Waals surface area contributed by atoms with E-state index in [0.717, 1.165) is 31.3 Å². The molecule has 0 amide bonds. The summed E-state index contributed by atoms with van der Waals surface area (Å²) in [6.45, 7) is 12.0. The van der Waals surface area contributed by atoms with E-state index in [0.29, 0.717) is 6.10 Å². The Balaban J connectivity index is 2.47. The van der Waals surface area contributed by atoms with E-state index in [4.69, 9.17) is 4.74 Å². The molecule has 15 heavy (non-hydrogen) atoms. The highest BCUT2D eigenvalue weighted by Crippen LogP contribution is 2.22. The maximum atomic E-state index is 5.89. The molecular weight excluding hydrogens is 206 g/mol. The highest BCUT2D eigenvalue weighted by atomic mass is 32.1. The van der Waals surface area contributed by atoms with Crippen LogP contribution in [0.15, 0.2) is 0 Å². The van der Waals surface area contributed by atoms with E-state index < -0.39 is 0 Å². The van der Waals surface area contributed by atoms with Gasteiger partial charge in [-0.3, -0.25) is 4.90 Å². The van der Waals surface area contributed by atoms with Gasteiger partial charge in [0.05, 0.1) is 11.7 Å². The lowest BCUT2D eigenvalue weighted by Gasteiger charge is -2.42. The third-order valence-corrected chi connectivity index (χ3v) is 3.51. The SMILES string of the molecule is CCC(CS)CN1CC(C)OC(C)(C)C1. The Labute approximate surface area is 99.8 Å². The van der Waals surface area contributed by atoms with E-state index in [1.54, 1.807) is 0 Å². The number of rotatable bonds is 4. The van der Waals surface area contributed by atoms with E-state index in [2.05, 4.69) is 45.2 Å². The molecule has 1 rings (SSSR count). The molecule has 90 valence electrons. The average molecular weight is 231 g/mol. The summed E-state index contributed by atoms with van der Waals surface area (Å²) in [7, 11) is 0. The van der Waals surface area contributed by atoms with Gasteiger partial charge in [-0.25, -0.2) is 0 Å². The van der Waals surface area contributed by atoms with Crippen LogP contribution in [0.5, 0.6) is 0 Å². The minimum Gasteiger partial charge on any atom is -0.370 e. The Kier molecular flexibility index (Phi) is 4.94. The molecular formula is C12H25NOS. The van der Waals surface area contributed by atoms with Gasteiger partial charge in [-0.2, -0.15) is 12.6 Å². The van der Waals surface area contributed by atoms with Gasteiger partial charge in [-0.05, 0) is 32.4 Å². The van der Waals surface area contributed by atoms with Crippen molar-refractivity contribution in [3.63, 3.8) is 0 Å². The molecule has 2 nitrogen and oxygen atoms in total. The van der Waals surface area contributed by atoms with E-state index in [1.165, 1.54) is 6.42 Å². The van der Waals surface area contributed by atoms with Crippen molar-refractivity contribution in [2.75, 3.05) is 25.4 Å². The number of thiol groups is 1. The maximum Gasteiger partial charge on any atom is 0.0757 e. The Morgan fingerprint density at radius 2 is 2.20 bits per heavy atom. The number of morpholine rings is 1. The van der Waals surface area contributed by atoms with Gasteiger partial charge in [0.2, 0.25) is 0 Å². The van der Waals surface area contributed by atoms with Gasteiger partial charge in [0.25, 0.3) is 0 Å². The normalized spacial score (nSPS) is 29.0. The lowest BCUT2D eigenvalue weighted by molar-refractivity contribution is -0.130. The van der Waals surface area contributed by atoms with Gasteiger partial charge in [0.1, 0.15) is 0 Å². The quantitative estimate of drug-likeness (QED) is 0.746. The summed E-state index contributed by atoms with van der Waals surface area (Å²) in [5.74, 6) is 1.71. The molecule has 2 atom stereocenters. The molecule has 0 aromatic rings. The van der Waals surface area contributed by atoms with Crippen molar-refractivity contribution in [3.8, 4) is 0 Å². The van der Waals surface area contributed by atoms with Crippen molar-refractivity contribution in [1.82, 2.24) is 4.90 Å². The van der Waals surface area contributed by atoms with Gasteiger partial charge in [0.15, 0.2) is 0 Å². The van der Waals surface area contributed by atoms with Crippen LogP contribution in [0.3, 0.4) is 0 Å². The highest BCUT2D eigenvalue weighted by molar-refractivity contribution is 7.80. The second-order valence-corrected chi connectivity index (χ2v) is 5.70. The Morgan fingerprint density at radius 1 is 1.53 bits per heavy atom. The van der Waals surface area contributed by atoms with Gasteiger partial charge in [-0.15, -0.1) is 0 Å². The zero-order valence-corrected chi connectivity index (χ0v) is 11.4. The molecule has 0 spiro atoms. The van der Waals surface area contributed by atoms with Crippen molar-refractivity contribution in [3.05, 3.63) is 0 Å². The predicted molar refractivity (Wildman–Crippen MR) is 68.7 cm³/mol. The van der Waals surface area contributed by atoms with Gasteiger partial charge >= 0.3 is 0 Å². The van der Waals surface area contributed by atoms with Crippen LogP contribution in [-0.2, 0) is 4.74 Å². The minimum atomic E-state index is 0.00650. The number of hydrogen-bond donors (Lipinski definition) is 1. The lowest BCUT2D eigenvalue weighted by atomic mass is 10.0. The first-order valence-corrected chi connectivity index (χ1v) is 6.61. The molecule has 1 heterocycles. The molecule has 1 saturated heterocycles. The summed E-state index contributed by atoms with van der Waals surface area (Å²) in [5, 5.41) is 0. The summed E-state index contributed by atoms with van der Waals surface area (Å²) in [6.07, 6.45) is 1.57. The molecule has 0 aromatic carbocycles. The maximum absolute atomic E-state index is 5.89. The van der Waals surface area contributed by atoms with E-state index in [1.807, 2.05) is 0 Å². The molecule has 1 aliphatic heterocycles. The van der Waals surface area contributed by atoms with E-state index in [9.17, 15) is 0 Å². The van der Waals surface area contributed by atoms with Crippen molar-refractivity contribution in [2.45, 2.75) is 45.8 Å². The Morgan fingerprint density at radius 3 is 2.67 bits per heavy atom. The lowest BCUT2D eigenvalue weighted by Crippen LogP contribution is -2.53. The summed E-state index contributed by atoms with van der Waals surface area (Å²) in [4.78, 5) is 2.53. The smallest absolute Gasteiger partial charge is 0.0757 e. The molecule has 0 radical (unpaired) electrons. The predicted octanol–water partition coefficient (Wildman–Crippen LogP) is 2.44.